The van der Waals surface area contributed by atoms with Crippen LogP contribution in [-0.4, -0.2) is 59.1 Å². The van der Waals surface area contributed by atoms with E-state index in [1.807, 2.05) is 11.0 Å². The average Bonchev–Trinajstić information content (AvgIpc) is 3.11. The lowest BCUT2D eigenvalue weighted by atomic mass is 9.45. The fourth-order valence-electron chi connectivity index (χ4n) is 6.86. The number of nitrogens with one attached hydrogen (secondary N) is 2. The van der Waals surface area contributed by atoms with Gasteiger partial charge in [0, 0.05) is 44.9 Å². The minimum atomic E-state index is -0.344. The van der Waals surface area contributed by atoms with E-state index in [0.29, 0.717) is 35.7 Å². The van der Waals surface area contributed by atoms with Crippen LogP contribution in [0, 0.1) is 33.3 Å². The first-order valence-electron chi connectivity index (χ1n) is 13.4. The fraction of sp³-hybridized carbons (Fsp3) is 0.654. The molecule has 1 aromatic heterocycles. The zero-order valence-electron chi connectivity index (χ0n) is 21.2. The summed E-state index contributed by atoms with van der Waals surface area (Å²) in [6.07, 6.45) is 5.76. The maximum atomic E-state index is 11.4. The van der Waals surface area contributed by atoms with Crippen LogP contribution in [0.4, 0.5) is 29.2 Å². The van der Waals surface area contributed by atoms with Crippen LogP contribution >= 0.6 is 0 Å². The molecule has 3 saturated carbocycles. The molecule has 5 aliphatic rings. The van der Waals surface area contributed by atoms with Gasteiger partial charge < -0.3 is 20.4 Å². The van der Waals surface area contributed by atoms with Crippen LogP contribution in [0.25, 0.3) is 0 Å². The van der Waals surface area contributed by atoms with Crippen LogP contribution in [0.15, 0.2) is 18.2 Å². The lowest BCUT2D eigenvalue weighted by Crippen LogP contribution is -2.53. The molecule has 36 heavy (non-hydrogen) atoms. The van der Waals surface area contributed by atoms with E-state index in [4.69, 9.17) is 15.0 Å². The normalized spacial score (nSPS) is 26.7. The molecule has 2 N–H and O–H groups in total. The number of rotatable bonds is 6. The molecule has 2 aromatic rings. The van der Waals surface area contributed by atoms with E-state index >= 15 is 0 Å². The smallest absolute Gasteiger partial charge is 0.271 e. The standard InChI is InChI=1S/C26H36N8O2/c1-26(2)19-6-4-18(21(26)14-19)16-28-23-29-24(32-11-3-9-27-10-13-32)31-25(30-23)33-12-8-17-5-7-20(34(35)36)15-22(17)33/h5,7,15,18-19,21,27H,3-4,6,8-14,16H2,1-2H3,(H,28,29,30,31)/t18-,19+,21+/m0/s1. The maximum Gasteiger partial charge on any atom is 0.271 e. The van der Waals surface area contributed by atoms with Gasteiger partial charge in [-0.1, -0.05) is 19.9 Å². The molecule has 0 spiro atoms. The lowest BCUT2D eigenvalue weighted by Gasteiger charge is -2.60. The average molecular weight is 493 g/mol. The van der Waals surface area contributed by atoms with Crippen LogP contribution in [0.3, 0.4) is 0 Å². The summed E-state index contributed by atoms with van der Waals surface area (Å²) in [6, 6.07) is 5.08. The predicted molar refractivity (Wildman–Crippen MR) is 140 cm³/mol. The van der Waals surface area contributed by atoms with Crippen molar-refractivity contribution < 1.29 is 4.92 Å². The molecule has 2 aliphatic heterocycles. The van der Waals surface area contributed by atoms with Crippen LogP contribution in [0.5, 0.6) is 0 Å². The van der Waals surface area contributed by atoms with Gasteiger partial charge >= 0.3 is 0 Å². The summed E-state index contributed by atoms with van der Waals surface area (Å²) < 4.78 is 0. The van der Waals surface area contributed by atoms with Crippen molar-refractivity contribution in [2.75, 3.05) is 54.4 Å². The third kappa shape index (κ3) is 4.15. The Balaban J connectivity index is 1.30. The molecule has 3 aliphatic carbocycles. The van der Waals surface area contributed by atoms with Crippen molar-refractivity contribution in [1.82, 2.24) is 20.3 Å². The third-order valence-corrected chi connectivity index (χ3v) is 9.18. The van der Waals surface area contributed by atoms with Crippen LogP contribution in [0.2, 0.25) is 0 Å². The van der Waals surface area contributed by atoms with Gasteiger partial charge in [0.25, 0.3) is 5.69 Å². The van der Waals surface area contributed by atoms with Gasteiger partial charge in [0.15, 0.2) is 0 Å². The molecule has 2 bridgehead atoms. The van der Waals surface area contributed by atoms with Crippen LogP contribution in [-0.2, 0) is 6.42 Å². The van der Waals surface area contributed by atoms with Crippen molar-refractivity contribution in [3.8, 4) is 0 Å². The van der Waals surface area contributed by atoms with E-state index in [2.05, 4.69) is 29.4 Å². The Kier molecular flexibility index (Phi) is 5.94. The molecule has 1 saturated heterocycles. The van der Waals surface area contributed by atoms with Gasteiger partial charge in [0.1, 0.15) is 0 Å². The second-order valence-corrected chi connectivity index (χ2v) is 11.4. The summed E-state index contributed by atoms with van der Waals surface area (Å²) in [4.78, 5) is 29.9. The molecule has 10 heteroatoms. The summed E-state index contributed by atoms with van der Waals surface area (Å²) in [5.74, 6) is 4.11. The molecule has 3 heterocycles. The predicted octanol–water partition coefficient (Wildman–Crippen LogP) is 3.76. The van der Waals surface area contributed by atoms with E-state index in [1.54, 1.807) is 12.1 Å². The summed E-state index contributed by atoms with van der Waals surface area (Å²) in [5, 5.41) is 18.4. The highest BCUT2D eigenvalue weighted by Gasteiger charge is 2.53. The van der Waals surface area contributed by atoms with Crippen LogP contribution in [0.1, 0.15) is 45.1 Å². The zero-order valence-corrected chi connectivity index (χ0v) is 21.2. The van der Waals surface area contributed by atoms with Crippen molar-refractivity contribution in [3.63, 3.8) is 0 Å². The first kappa shape index (κ1) is 23.4. The van der Waals surface area contributed by atoms with Gasteiger partial charge in [-0.05, 0) is 67.4 Å². The largest absolute Gasteiger partial charge is 0.354 e. The quantitative estimate of drug-likeness (QED) is 0.460. The number of anilines is 4. The summed E-state index contributed by atoms with van der Waals surface area (Å²) >= 11 is 0. The Morgan fingerprint density at radius 2 is 2.00 bits per heavy atom. The van der Waals surface area contributed by atoms with Crippen molar-refractivity contribution in [2.24, 2.45) is 23.2 Å². The van der Waals surface area contributed by atoms with E-state index in [0.717, 1.165) is 68.7 Å². The summed E-state index contributed by atoms with van der Waals surface area (Å²) in [7, 11) is 0. The molecule has 0 amide bonds. The number of nitro benzene ring substituents is 1. The number of hydrogen-bond acceptors (Lipinski definition) is 9. The van der Waals surface area contributed by atoms with Gasteiger partial charge in [-0.2, -0.15) is 15.0 Å². The Morgan fingerprint density at radius 1 is 1.14 bits per heavy atom. The zero-order chi connectivity index (χ0) is 24.9. The van der Waals surface area contributed by atoms with Gasteiger partial charge in [-0.15, -0.1) is 0 Å². The number of non-ortho nitro benzene ring substituents is 1. The molecule has 1 aromatic carbocycles. The van der Waals surface area contributed by atoms with E-state index in [1.165, 1.54) is 19.3 Å². The number of nitrogens with zero attached hydrogens (tertiary/aromatic N) is 6. The molecule has 192 valence electrons. The number of hydrogen-bond donors (Lipinski definition) is 2. The molecular weight excluding hydrogens is 456 g/mol. The monoisotopic (exact) mass is 492 g/mol. The molecule has 4 fully saturated rings. The summed E-state index contributed by atoms with van der Waals surface area (Å²) in [5.41, 5.74) is 2.43. The number of benzene rings is 1. The van der Waals surface area contributed by atoms with E-state index in [9.17, 15) is 10.1 Å². The SMILES string of the molecule is CC1(C)[C@@H]2CC[C@@H](CNc3nc(N4CCCNCC4)nc(N4CCc5ccc([N+](=O)[O-])cc54)n3)[C@H]1C2. The Bertz CT molecular complexity index is 1140. The first-order chi connectivity index (χ1) is 17.4. The third-order valence-electron chi connectivity index (χ3n) is 9.18. The van der Waals surface area contributed by atoms with E-state index < -0.39 is 0 Å². The first-order valence-corrected chi connectivity index (χ1v) is 13.4. The van der Waals surface area contributed by atoms with Crippen molar-refractivity contribution in [1.29, 1.82) is 0 Å². The highest BCUT2D eigenvalue weighted by Crippen LogP contribution is 2.61. The topological polar surface area (TPSA) is 112 Å². The second kappa shape index (κ2) is 9.14. The minimum Gasteiger partial charge on any atom is -0.354 e. The van der Waals surface area contributed by atoms with Crippen LogP contribution < -0.4 is 20.4 Å². The fourth-order valence-corrected chi connectivity index (χ4v) is 6.86. The Labute approximate surface area is 212 Å². The van der Waals surface area contributed by atoms with Gasteiger partial charge in [-0.3, -0.25) is 10.1 Å². The van der Waals surface area contributed by atoms with Gasteiger partial charge in [0.2, 0.25) is 17.8 Å². The molecular formula is C26H36N8O2. The molecule has 10 nitrogen and oxygen atoms in total. The minimum absolute atomic E-state index is 0.0885. The Hall–Kier alpha value is -3.01. The highest BCUT2D eigenvalue weighted by atomic mass is 16.6. The Morgan fingerprint density at radius 3 is 2.81 bits per heavy atom. The van der Waals surface area contributed by atoms with Gasteiger partial charge in [0.05, 0.1) is 10.6 Å². The number of nitro groups is 1. The molecule has 0 radical (unpaired) electrons. The number of aromatic nitrogens is 3. The lowest BCUT2D eigenvalue weighted by molar-refractivity contribution is -0.384. The molecule has 0 unspecified atom stereocenters. The van der Waals surface area contributed by atoms with Crippen molar-refractivity contribution >= 4 is 29.2 Å². The van der Waals surface area contributed by atoms with Crippen molar-refractivity contribution in [2.45, 2.75) is 46.0 Å². The highest BCUT2D eigenvalue weighted by molar-refractivity contribution is 5.69. The molecule has 7 rings (SSSR count). The number of fused-ring (bicyclic) bond motifs is 3. The van der Waals surface area contributed by atoms with Crippen molar-refractivity contribution in [3.05, 3.63) is 33.9 Å². The summed E-state index contributed by atoms with van der Waals surface area (Å²) in [6.45, 7) is 10.0. The maximum absolute atomic E-state index is 11.4. The second-order valence-electron chi connectivity index (χ2n) is 11.4. The van der Waals surface area contributed by atoms with Gasteiger partial charge in [-0.25, -0.2) is 0 Å². The molecule has 3 atom stereocenters. The van der Waals surface area contributed by atoms with E-state index in [-0.39, 0.29) is 10.6 Å².